The van der Waals surface area contributed by atoms with Crippen LogP contribution in [0.15, 0.2) is 90.0 Å². The number of imidazole rings is 1. The van der Waals surface area contributed by atoms with Crippen molar-refractivity contribution < 1.29 is 37.6 Å². The van der Waals surface area contributed by atoms with E-state index in [0.29, 0.717) is 11.5 Å². The number of anilines is 1. The molecule has 2 aliphatic heterocycles. The molecule has 0 radical (unpaired) electrons. The summed E-state index contributed by atoms with van der Waals surface area (Å²) in [7, 11) is 0.675. The molecule has 0 spiro atoms. The fraction of sp³-hybridized carbons (Fsp3) is 0.333. The number of hydrogen-bond acceptors (Lipinski definition) is 12. The molecule has 2 aliphatic rings. The lowest BCUT2D eigenvalue weighted by Crippen LogP contribution is -2.48. The molecule has 2 unspecified atom stereocenters. The van der Waals surface area contributed by atoms with Crippen LogP contribution in [-0.2, 0) is 45.9 Å². The maximum Gasteiger partial charge on any atom is 0.372 e. The summed E-state index contributed by atoms with van der Waals surface area (Å²) in [6.07, 6.45) is -1.34. The lowest BCUT2D eigenvalue weighted by Gasteiger charge is -2.39. The van der Waals surface area contributed by atoms with Gasteiger partial charge in [-0.1, -0.05) is 73.0 Å². The third kappa shape index (κ3) is 6.37. The average molecular weight is 746 g/mol. The monoisotopic (exact) mass is 745 g/mol. The summed E-state index contributed by atoms with van der Waals surface area (Å²) in [6.45, 7) is 3.34. The number of amides is 1. The number of ether oxygens (including phenoxy) is 5. The molecule has 2 saturated heterocycles. The summed E-state index contributed by atoms with van der Waals surface area (Å²) in [4.78, 5) is 36.8. The first-order valence-electron chi connectivity index (χ1n) is 16.5. The molecule has 3 aromatic carbocycles. The molecule has 7 rings (SSSR count). The van der Waals surface area contributed by atoms with E-state index in [1.807, 2.05) is 78.9 Å². The third-order valence-corrected chi connectivity index (χ3v) is 10.0. The van der Waals surface area contributed by atoms with Crippen LogP contribution in [0.3, 0.4) is 0 Å². The molecule has 2 bridgehead atoms. The number of nitrogens with one attached hydrogen (secondary N) is 2. The van der Waals surface area contributed by atoms with Gasteiger partial charge in [0.1, 0.15) is 23.2 Å². The largest absolute Gasteiger partial charge is 0.497 e. The topological polar surface area (TPSA) is 165 Å². The van der Waals surface area contributed by atoms with Gasteiger partial charge in [-0.2, -0.15) is 9.51 Å². The van der Waals surface area contributed by atoms with Crippen LogP contribution in [0.2, 0.25) is 0 Å². The number of rotatable bonds is 13. The van der Waals surface area contributed by atoms with Crippen molar-refractivity contribution in [3.8, 4) is 11.5 Å². The van der Waals surface area contributed by atoms with Gasteiger partial charge in [-0.3, -0.25) is 24.5 Å². The Hall–Kier alpha value is -4.63. The third-order valence-electron chi connectivity index (χ3n) is 9.35. The van der Waals surface area contributed by atoms with Gasteiger partial charge < -0.3 is 35.9 Å². The van der Waals surface area contributed by atoms with Gasteiger partial charge >= 0.3 is 7.23 Å². The Morgan fingerprint density at radius 1 is 1.04 bits per heavy atom. The Morgan fingerprint density at radius 2 is 1.65 bits per heavy atom. The van der Waals surface area contributed by atoms with Crippen molar-refractivity contribution in [3.05, 3.63) is 112 Å². The molecular weight excluding hydrogens is 709 g/mol. The Balaban J connectivity index is 1.31. The molecule has 5 aromatic rings. The molecule has 270 valence electrons. The van der Waals surface area contributed by atoms with E-state index in [1.54, 1.807) is 28.1 Å². The van der Waals surface area contributed by atoms with Crippen LogP contribution >= 0.6 is 7.23 Å². The SMILES string of the molecule is COc1ccc(C(OC[C@@]23COC([C@H](n4cnc5c(=O)[nH]c(NC(=O)C(C)C)nc54)O2)[C@H]3O[P+](=O)[S-])(c2ccccc2)c2ccc(OC)cc2)cc1. The van der Waals surface area contributed by atoms with E-state index < -0.39 is 42.4 Å². The Kier molecular flexibility index (Phi) is 9.91. The van der Waals surface area contributed by atoms with Gasteiger partial charge in [0.15, 0.2) is 29.1 Å². The number of nitrogens with zero attached hydrogens (tertiary/aromatic N) is 3. The summed E-state index contributed by atoms with van der Waals surface area (Å²) in [5.41, 5.74) is -0.545. The van der Waals surface area contributed by atoms with E-state index in [0.717, 1.165) is 16.7 Å². The van der Waals surface area contributed by atoms with Crippen molar-refractivity contribution in [1.29, 1.82) is 0 Å². The minimum Gasteiger partial charge on any atom is -0.497 e. The maximum absolute atomic E-state index is 13.0. The number of aromatic amines is 1. The number of H-pyrrole nitrogens is 1. The molecule has 2 aromatic heterocycles. The minimum absolute atomic E-state index is 0.0176. The van der Waals surface area contributed by atoms with Gasteiger partial charge in [0.05, 0.1) is 33.8 Å². The smallest absolute Gasteiger partial charge is 0.372 e. The maximum atomic E-state index is 13.0. The van der Waals surface area contributed by atoms with Crippen LogP contribution in [0.4, 0.5) is 5.95 Å². The van der Waals surface area contributed by atoms with Crippen molar-refractivity contribution in [3.63, 3.8) is 0 Å². The van der Waals surface area contributed by atoms with E-state index in [-0.39, 0.29) is 42.2 Å². The zero-order chi connectivity index (χ0) is 36.6. The van der Waals surface area contributed by atoms with Gasteiger partial charge in [-0.05, 0) is 41.0 Å². The second-order valence-corrected chi connectivity index (χ2v) is 14.3. The highest BCUT2D eigenvalue weighted by Crippen LogP contribution is 2.51. The van der Waals surface area contributed by atoms with Gasteiger partial charge in [0.25, 0.3) is 5.56 Å². The molecule has 2 fully saturated rings. The lowest BCUT2D eigenvalue weighted by molar-refractivity contribution is -0.201. The lowest BCUT2D eigenvalue weighted by atomic mass is 9.79. The molecule has 0 saturated carbocycles. The van der Waals surface area contributed by atoms with Gasteiger partial charge in [0.2, 0.25) is 11.9 Å². The highest BCUT2D eigenvalue weighted by molar-refractivity contribution is 8.25. The standard InChI is InChI=1S/C36H36N5O9PS/c1-21(2)31(42)39-34-38-30-27(32(43)40-34)37-20-41(30)33-28-29(50-51(44)52)35(49-33,18-47-28)19-48-36(22-8-6-5-7-9-22,23-10-14-25(45-3)15-11-23)24-12-16-26(46-4)17-13-24/h5-17,20-21,28-29,33H,18-19H2,1-4H3,(H2,38,39,40,42,43)/t28?,29-,33-,35-/m1/s1. The van der Waals surface area contributed by atoms with Crippen molar-refractivity contribution in [2.45, 2.75) is 43.5 Å². The van der Waals surface area contributed by atoms with E-state index >= 15 is 0 Å². The zero-order valence-corrected chi connectivity index (χ0v) is 30.4. The Bertz CT molecular complexity index is 2100. The summed E-state index contributed by atoms with van der Waals surface area (Å²) in [5, 5.41) is 2.62. The number of carbonyl (C=O) groups is 1. The van der Waals surface area contributed by atoms with Crippen LogP contribution in [0.1, 0.15) is 36.8 Å². The second-order valence-electron chi connectivity index (χ2n) is 12.8. The van der Waals surface area contributed by atoms with E-state index in [1.165, 1.54) is 10.9 Å². The molecule has 0 aliphatic carbocycles. The van der Waals surface area contributed by atoms with Crippen LogP contribution < -0.4 is 20.3 Å². The van der Waals surface area contributed by atoms with Crippen LogP contribution in [0.25, 0.3) is 11.2 Å². The number of carbonyl (C=O) groups excluding carboxylic acids is 1. The Morgan fingerprint density at radius 3 is 2.23 bits per heavy atom. The number of fused-ring (bicyclic) bond motifs is 3. The Labute approximate surface area is 304 Å². The molecule has 1 amide bonds. The van der Waals surface area contributed by atoms with Crippen LogP contribution in [0, 0.1) is 5.92 Å². The highest BCUT2D eigenvalue weighted by Gasteiger charge is 2.66. The van der Waals surface area contributed by atoms with Crippen molar-refractivity contribution in [1.82, 2.24) is 19.5 Å². The molecule has 16 heteroatoms. The molecule has 52 heavy (non-hydrogen) atoms. The van der Waals surface area contributed by atoms with Gasteiger partial charge in [-0.25, -0.2) is 4.98 Å². The molecule has 2 N–H and O–H groups in total. The summed E-state index contributed by atoms with van der Waals surface area (Å²) >= 11 is 5.04. The summed E-state index contributed by atoms with van der Waals surface area (Å²) in [5.74, 6) is 0.603. The zero-order valence-electron chi connectivity index (χ0n) is 28.7. The van der Waals surface area contributed by atoms with Crippen molar-refractivity contribution in [2.75, 3.05) is 32.8 Å². The van der Waals surface area contributed by atoms with Crippen molar-refractivity contribution >= 4 is 42.5 Å². The number of aromatic nitrogens is 4. The van der Waals surface area contributed by atoms with E-state index in [2.05, 4.69) is 20.3 Å². The average Bonchev–Trinajstić information content (AvgIpc) is 3.82. The van der Waals surface area contributed by atoms with E-state index in [4.69, 9.17) is 40.5 Å². The van der Waals surface area contributed by atoms with Crippen LogP contribution in [0.5, 0.6) is 11.5 Å². The second kappa shape index (κ2) is 14.4. The van der Waals surface area contributed by atoms with Gasteiger partial charge in [-0.15, -0.1) is 0 Å². The van der Waals surface area contributed by atoms with E-state index in [9.17, 15) is 14.2 Å². The first-order valence-corrected chi connectivity index (χ1v) is 18.6. The number of methoxy groups -OCH3 is 2. The predicted octanol–water partition coefficient (Wildman–Crippen LogP) is 5.00. The number of benzene rings is 3. The molecule has 4 heterocycles. The quantitative estimate of drug-likeness (QED) is 0.0944. The summed E-state index contributed by atoms with van der Waals surface area (Å²) < 4.78 is 51.2. The van der Waals surface area contributed by atoms with Crippen molar-refractivity contribution in [2.24, 2.45) is 5.92 Å². The first kappa shape index (κ1) is 35.8. The van der Waals surface area contributed by atoms with Gasteiger partial charge in [0, 0.05) is 5.92 Å². The molecular formula is C36H36N5O9PS. The fourth-order valence-electron chi connectivity index (χ4n) is 6.71. The predicted molar refractivity (Wildman–Crippen MR) is 192 cm³/mol. The normalized spacial score (nSPS) is 21.4. The molecule has 5 atom stereocenters. The highest BCUT2D eigenvalue weighted by atomic mass is 32.7. The van der Waals surface area contributed by atoms with Crippen LogP contribution in [-0.4, -0.2) is 70.7 Å². The number of hydrogen-bond donors (Lipinski definition) is 2. The summed E-state index contributed by atoms with van der Waals surface area (Å²) in [6, 6.07) is 24.9. The fourth-order valence-corrected chi connectivity index (χ4v) is 7.48. The first-order chi connectivity index (χ1) is 25.1. The minimum atomic E-state index is -2.53. The molecule has 14 nitrogen and oxygen atoms in total.